The van der Waals surface area contributed by atoms with Crippen molar-refractivity contribution in [3.8, 4) is 6.07 Å². The first-order chi connectivity index (χ1) is 5.65. The van der Waals surface area contributed by atoms with Crippen LogP contribution in [0, 0.1) is 11.3 Å². The molecule has 12 heavy (non-hydrogen) atoms. The number of nitrogens with zero attached hydrogens (tertiary/aromatic N) is 3. The van der Waals surface area contributed by atoms with E-state index in [1.807, 2.05) is 19.9 Å². The molecule has 64 valence electrons. The predicted molar refractivity (Wildman–Crippen MR) is 46.2 cm³/mol. The second kappa shape index (κ2) is 3.74. The minimum absolute atomic E-state index is 0.0180. The topological polar surface area (TPSA) is 66.6 Å². The lowest BCUT2D eigenvalue weighted by molar-refractivity contribution is 0.675. The van der Waals surface area contributed by atoms with E-state index in [0.717, 1.165) is 11.3 Å². The van der Waals surface area contributed by atoms with Crippen LogP contribution in [0.4, 0.5) is 0 Å². The van der Waals surface area contributed by atoms with Gasteiger partial charge in [0.15, 0.2) is 0 Å². The van der Waals surface area contributed by atoms with Crippen molar-refractivity contribution >= 4 is 22.1 Å². The summed E-state index contributed by atoms with van der Waals surface area (Å²) in [6.45, 7) is 3.67. The smallest absolute Gasteiger partial charge is 0.218 e. The number of rotatable bonds is 2. The standard InChI is InChI=1S/C6H7N3OS2/c1-4(2)12(10)6-9-8-5(3-7)11-6/h4H,1-2H3. The van der Waals surface area contributed by atoms with Crippen LogP contribution in [0.3, 0.4) is 0 Å². The molecule has 0 spiro atoms. The van der Waals surface area contributed by atoms with E-state index in [1.54, 1.807) is 0 Å². The molecule has 0 aliphatic rings. The van der Waals surface area contributed by atoms with E-state index in [1.165, 1.54) is 0 Å². The van der Waals surface area contributed by atoms with Crippen LogP contribution < -0.4 is 0 Å². The van der Waals surface area contributed by atoms with Gasteiger partial charge in [0.1, 0.15) is 6.07 Å². The average Bonchev–Trinajstić information content (AvgIpc) is 2.50. The lowest BCUT2D eigenvalue weighted by atomic mass is 10.6. The molecule has 0 radical (unpaired) electrons. The van der Waals surface area contributed by atoms with Gasteiger partial charge in [-0.15, -0.1) is 10.2 Å². The first-order valence-electron chi connectivity index (χ1n) is 3.29. The van der Waals surface area contributed by atoms with Gasteiger partial charge in [0.25, 0.3) is 0 Å². The van der Waals surface area contributed by atoms with Crippen LogP contribution in [0.5, 0.6) is 0 Å². The van der Waals surface area contributed by atoms with Gasteiger partial charge in [-0.1, -0.05) is 25.2 Å². The summed E-state index contributed by atoms with van der Waals surface area (Å²) < 4.78 is 11.8. The van der Waals surface area contributed by atoms with E-state index in [9.17, 15) is 4.21 Å². The lowest BCUT2D eigenvalue weighted by Crippen LogP contribution is -2.04. The highest BCUT2D eigenvalue weighted by Gasteiger charge is 2.13. The lowest BCUT2D eigenvalue weighted by Gasteiger charge is -1.97. The molecule has 0 fully saturated rings. The van der Waals surface area contributed by atoms with E-state index in [0.29, 0.717) is 4.34 Å². The maximum Gasteiger partial charge on any atom is 0.218 e. The Morgan fingerprint density at radius 2 is 2.25 bits per heavy atom. The van der Waals surface area contributed by atoms with E-state index in [2.05, 4.69) is 10.2 Å². The zero-order valence-corrected chi connectivity index (χ0v) is 8.28. The Bertz CT molecular complexity index is 339. The van der Waals surface area contributed by atoms with E-state index >= 15 is 0 Å². The molecule has 4 nitrogen and oxygen atoms in total. The van der Waals surface area contributed by atoms with E-state index in [-0.39, 0.29) is 10.3 Å². The largest absolute Gasteiger partial charge is 0.252 e. The molecule has 1 heterocycles. The van der Waals surface area contributed by atoms with Gasteiger partial charge in [-0.2, -0.15) is 5.26 Å². The maximum absolute atomic E-state index is 11.4. The fraction of sp³-hybridized carbons (Fsp3) is 0.500. The van der Waals surface area contributed by atoms with Crippen LogP contribution in [0.1, 0.15) is 18.9 Å². The molecule has 1 aromatic rings. The highest BCUT2D eigenvalue weighted by atomic mass is 32.2. The molecule has 1 atom stereocenters. The summed E-state index contributed by atoms with van der Waals surface area (Å²) in [7, 11) is -1.12. The minimum atomic E-state index is -1.12. The fourth-order valence-corrected chi connectivity index (χ4v) is 2.58. The molecule has 0 saturated carbocycles. The highest BCUT2D eigenvalue weighted by molar-refractivity contribution is 7.87. The molecule has 0 saturated heterocycles. The van der Waals surface area contributed by atoms with Crippen LogP contribution in [-0.4, -0.2) is 19.7 Å². The molecule has 6 heteroatoms. The van der Waals surface area contributed by atoms with Crippen molar-refractivity contribution in [2.24, 2.45) is 0 Å². The first kappa shape index (κ1) is 9.29. The van der Waals surface area contributed by atoms with E-state index < -0.39 is 10.8 Å². The van der Waals surface area contributed by atoms with Gasteiger partial charge in [-0.25, -0.2) is 0 Å². The molecule has 1 rings (SSSR count). The van der Waals surface area contributed by atoms with Gasteiger partial charge < -0.3 is 0 Å². The Kier molecular flexibility index (Phi) is 2.89. The van der Waals surface area contributed by atoms with Crippen LogP contribution in [0.15, 0.2) is 4.34 Å². The molecular formula is C6H7N3OS2. The first-order valence-corrected chi connectivity index (χ1v) is 5.32. The summed E-state index contributed by atoms with van der Waals surface area (Å²) in [5.74, 6) is 0. The third-order valence-electron chi connectivity index (χ3n) is 1.10. The van der Waals surface area contributed by atoms with Crippen molar-refractivity contribution in [2.75, 3.05) is 0 Å². The summed E-state index contributed by atoms with van der Waals surface area (Å²) in [5, 5.41) is 15.9. The van der Waals surface area contributed by atoms with Crippen LogP contribution in [0.25, 0.3) is 0 Å². The zero-order chi connectivity index (χ0) is 9.14. The molecule has 0 bridgehead atoms. The summed E-state index contributed by atoms with van der Waals surface area (Å²) in [6, 6.07) is 1.85. The van der Waals surface area contributed by atoms with Crippen molar-refractivity contribution in [3.63, 3.8) is 0 Å². The van der Waals surface area contributed by atoms with Gasteiger partial charge in [-0.3, -0.25) is 4.21 Å². The Hall–Kier alpha value is -0.800. The monoisotopic (exact) mass is 201 g/mol. The molecule has 0 aromatic carbocycles. The molecule has 0 amide bonds. The Morgan fingerprint density at radius 3 is 2.67 bits per heavy atom. The Labute approximate surface area is 76.7 Å². The third kappa shape index (κ3) is 1.87. The normalized spacial score (nSPS) is 12.8. The summed E-state index contributed by atoms with van der Waals surface area (Å²) in [4.78, 5) is 0. The Balaban J connectivity index is 2.91. The van der Waals surface area contributed by atoms with Crippen molar-refractivity contribution < 1.29 is 4.21 Å². The number of hydrogen-bond acceptors (Lipinski definition) is 5. The van der Waals surface area contributed by atoms with Crippen molar-refractivity contribution in [1.29, 1.82) is 5.26 Å². The van der Waals surface area contributed by atoms with Crippen LogP contribution in [0.2, 0.25) is 0 Å². The van der Waals surface area contributed by atoms with Crippen molar-refractivity contribution in [2.45, 2.75) is 23.4 Å². The molecule has 0 aliphatic heterocycles. The Morgan fingerprint density at radius 1 is 1.58 bits per heavy atom. The van der Waals surface area contributed by atoms with Crippen LogP contribution >= 0.6 is 11.3 Å². The number of aromatic nitrogens is 2. The van der Waals surface area contributed by atoms with E-state index in [4.69, 9.17) is 5.26 Å². The molecular weight excluding hydrogens is 194 g/mol. The van der Waals surface area contributed by atoms with Gasteiger partial charge in [-0.05, 0) is 0 Å². The maximum atomic E-state index is 11.4. The predicted octanol–water partition coefficient (Wildman–Crippen LogP) is 0.926. The summed E-state index contributed by atoms with van der Waals surface area (Å²) in [5.41, 5.74) is 0. The molecule has 1 unspecified atom stereocenters. The average molecular weight is 201 g/mol. The second-order valence-corrected chi connectivity index (χ2v) is 5.49. The fourth-order valence-electron chi connectivity index (χ4n) is 0.538. The SMILES string of the molecule is CC(C)S(=O)c1nnc(C#N)s1. The highest BCUT2D eigenvalue weighted by Crippen LogP contribution is 2.15. The van der Waals surface area contributed by atoms with Gasteiger partial charge >= 0.3 is 0 Å². The number of nitriles is 1. The zero-order valence-electron chi connectivity index (χ0n) is 6.64. The van der Waals surface area contributed by atoms with Crippen molar-refractivity contribution in [1.82, 2.24) is 10.2 Å². The van der Waals surface area contributed by atoms with Crippen molar-refractivity contribution in [3.05, 3.63) is 5.01 Å². The summed E-state index contributed by atoms with van der Waals surface area (Å²) in [6.07, 6.45) is 0. The third-order valence-corrected chi connectivity index (χ3v) is 3.75. The van der Waals surface area contributed by atoms with Gasteiger partial charge in [0.2, 0.25) is 9.35 Å². The minimum Gasteiger partial charge on any atom is -0.252 e. The second-order valence-electron chi connectivity index (χ2n) is 2.33. The molecule has 0 N–H and O–H groups in total. The number of hydrogen-bond donors (Lipinski definition) is 0. The van der Waals surface area contributed by atoms with Crippen LogP contribution in [-0.2, 0) is 10.8 Å². The molecule has 1 aromatic heterocycles. The quantitative estimate of drug-likeness (QED) is 0.713. The van der Waals surface area contributed by atoms with Gasteiger partial charge in [0.05, 0.1) is 10.8 Å². The molecule has 0 aliphatic carbocycles. The van der Waals surface area contributed by atoms with Gasteiger partial charge in [0, 0.05) is 5.25 Å². The summed E-state index contributed by atoms with van der Waals surface area (Å²) >= 11 is 1.09.